The van der Waals surface area contributed by atoms with Crippen LogP contribution in [0, 0.1) is 6.92 Å². The van der Waals surface area contributed by atoms with E-state index in [0.717, 1.165) is 14.9 Å². The average molecular weight is 360 g/mol. The van der Waals surface area contributed by atoms with Crippen LogP contribution in [0.1, 0.15) is 11.1 Å². The number of halogens is 1. The molecule has 0 aliphatic rings. The van der Waals surface area contributed by atoms with Gasteiger partial charge in [-0.2, -0.15) is 4.31 Å². The van der Waals surface area contributed by atoms with Crippen molar-refractivity contribution >= 4 is 37.3 Å². The Labute approximate surface area is 126 Å². The molecular weight excluding hydrogens is 346 g/mol. The molecule has 0 fully saturated rings. The lowest BCUT2D eigenvalue weighted by Gasteiger charge is -2.17. The minimum atomic E-state index is -3.41. The predicted molar refractivity (Wildman–Crippen MR) is 81.9 cm³/mol. The van der Waals surface area contributed by atoms with Crippen LogP contribution in [-0.2, 0) is 16.6 Å². The van der Waals surface area contributed by atoms with Gasteiger partial charge in [0, 0.05) is 13.6 Å². The van der Waals surface area contributed by atoms with E-state index in [1.807, 2.05) is 31.2 Å². The van der Waals surface area contributed by atoms with E-state index in [9.17, 15) is 8.42 Å². The van der Waals surface area contributed by atoms with E-state index in [2.05, 4.69) is 15.9 Å². The Morgan fingerprint density at radius 3 is 2.47 bits per heavy atom. The van der Waals surface area contributed by atoms with Gasteiger partial charge in [-0.15, -0.1) is 11.3 Å². The number of thiophene rings is 1. The normalized spacial score (nSPS) is 12.0. The highest BCUT2D eigenvalue weighted by Crippen LogP contribution is 2.28. The van der Waals surface area contributed by atoms with Gasteiger partial charge in [0.25, 0.3) is 10.0 Å². The van der Waals surface area contributed by atoms with Crippen LogP contribution in [0.25, 0.3) is 0 Å². The number of nitrogens with zero attached hydrogens (tertiary/aromatic N) is 1. The minimum absolute atomic E-state index is 0.357. The lowest BCUT2D eigenvalue weighted by molar-refractivity contribution is 0.467. The summed E-state index contributed by atoms with van der Waals surface area (Å²) in [5, 5.41) is 0. The Morgan fingerprint density at radius 2 is 1.89 bits per heavy atom. The molecule has 0 spiro atoms. The summed E-state index contributed by atoms with van der Waals surface area (Å²) in [4.78, 5) is 0. The maximum absolute atomic E-state index is 12.4. The molecule has 0 radical (unpaired) electrons. The van der Waals surface area contributed by atoms with Gasteiger partial charge in [0.2, 0.25) is 0 Å². The second kappa shape index (κ2) is 5.75. The molecule has 1 heterocycles. The van der Waals surface area contributed by atoms with Crippen LogP contribution in [0.2, 0.25) is 0 Å². The summed E-state index contributed by atoms with van der Waals surface area (Å²) in [5.41, 5.74) is 2.11. The third-order valence-electron chi connectivity index (χ3n) is 2.87. The molecule has 0 saturated heterocycles. The summed E-state index contributed by atoms with van der Waals surface area (Å²) < 4.78 is 27.3. The van der Waals surface area contributed by atoms with Crippen LogP contribution >= 0.6 is 27.3 Å². The Morgan fingerprint density at radius 1 is 1.21 bits per heavy atom. The first-order valence-corrected chi connectivity index (χ1v) is 8.72. The molecule has 2 rings (SSSR count). The third-order valence-corrected chi connectivity index (χ3v) is 6.76. The van der Waals surface area contributed by atoms with Crippen molar-refractivity contribution in [3.63, 3.8) is 0 Å². The van der Waals surface area contributed by atoms with Gasteiger partial charge in [0.15, 0.2) is 0 Å². The molecule has 0 unspecified atom stereocenters. The third kappa shape index (κ3) is 3.25. The topological polar surface area (TPSA) is 37.4 Å². The minimum Gasteiger partial charge on any atom is -0.206 e. The molecule has 0 atom stereocenters. The molecule has 1 aromatic carbocycles. The van der Waals surface area contributed by atoms with Gasteiger partial charge in [-0.05, 0) is 46.1 Å². The average Bonchev–Trinajstić information content (AvgIpc) is 2.79. The fourth-order valence-electron chi connectivity index (χ4n) is 1.70. The van der Waals surface area contributed by atoms with Crippen LogP contribution in [0.4, 0.5) is 0 Å². The Hall–Kier alpha value is -0.690. The molecule has 6 heteroatoms. The fourth-order valence-corrected chi connectivity index (χ4v) is 5.07. The number of hydrogen-bond acceptors (Lipinski definition) is 3. The first-order valence-electron chi connectivity index (χ1n) is 5.67. The molecule has 0 N–H and O–H groups in total. The molecule has 102 valence electrons. The van der Waals surface area contributed by atoms with E-state index in [-0.39, 0.29) is 0 Å². The van der Waals surface area contributed by atoms with Crippen molar-refractivity contribution < 1.29 is 8.42 Å². The van der Waals surface area contributed by atoms with Crippen LogP contribution < -0.4 is 0 Å². The van der Waals surface area contributed by atoms with Crippen molar-refractivity contribution in [1.82, 2.24) is 4.31 Å². The quantitative estimate of drug-likeness (QED) is 0.835. The van der Waals surface area contributed by atoms with E-state index < -0.39 is 10.0 Å². The molecule has 0 saturated carbocycles. The van der Waals surface area contributed by atoms with Crippen molar-refractivity contribution in [2.24, 2.45) is 0 Å². The molecule has 0 amide bonds. The first kappa shape index (κ1) is 14.7. The summed E-state index contributed by atoms with van der Waals surface area (Å²) in [6.45, 7) is 2.36. The maximum atomic E-state index is 12.4. The smallest absolute Gasteiger partial charge is 0.206 e. The highest BCUT2D eigenvalue weighted by molar-refractivity contribution is 9.11. The van der Waals surface area contributed by atoms with Crippen molar-refractivity contribution in [3.8, 4) is 0 Å². The van der Waals surface area contributed by atoms with Crippen molar-refractivity contribution in [3.05, 3.63) is 51.3 Å². The summed E-state index contributed by atoms with van der Waals surface area (Å²) in [6.07, 6.45) is 0. The van der Waals surface area contributed by atoms with Crippen molar-refractivity contribution in [2.45, 2.75) is 17.7 Å². The molecule has 19 heavy (non-hydrogen) atoms. The van der Waals surface area contributed by atoms with Crippen LogP contribution in [0.5, 0.6) is 0 Å². The number of hydrogen-bond donors (Lipinski definition) is 0. The highest BCUT2D eigenvalue weighted by Gasteiger charge is 2.23. The monoisotopic (exact) mass is 359 g/mol. The molecule has 2 aromatic rings. The Balaban J connectivity index is 2.25. The van der Waals surface area contributed by atoms with Gasteiger partial charge in [-0.25, -0.2) is 8.42 Å². The number of benzene rings is 1. The number of sulfonamides is 1. The fraction of sp³-hybridized carbons (Fsp3) is 0.231. The van der Waals surface area contributed by atoms with Crippen LogP contribution in [0.15, 0.2) is 44.4 Å². The second-order valence-corrected chi connectivity index (χ2v) is 8.98. The zero-order valence-corrected chi connectivity index (χ0v) is 13.8. The Bertz CT molecular complexity index is 679. The highest BCUT2D eigenvalue weighted by atomic mass is 79.9. The molecule has 0 aliphatic carbocycles. The van der Waals surface area contributed by atoms with E-state index in [4.69, 9.17) is 0 Å². The summed E-state index contributed by atoms with van der Waals surface area (Å²) in [5.74, 6) is 0. The van der Waals surface area contributed by atoms with Gasteiger partial charge in [-0.3, -0.25) is 0 Å². The van der Waals surface area contributed by atoms with Gasteiger partial charge in [0.1, 0.15) is 4.21 Å². The lowest BCUT2D eigenvalue weighted by Crippen LogP contribution is -2.26. The molecule has 0 aliphatic heterocycles. The molecule has 1 aromatic heterocycles. The van der Waals surface area contributed by atoms with Crippen molar-refractivity contribution in [1.29, 1.82) is 0 Å². The van der Waals surface area contributed by atoms with Crippen molar-refractivity contribution in [2.75, 3.05) is 7.05 Å². The van der Waals surface area contributed by atoms with E-state index in [0.29, 0.717) is 10.8 Å². The Kier molecular flexibility index (Phi) is 4.45. The van der Waals surface area contributed by atoms with Gasteiger partial charge in [-0.1, -0.05) is 24.3 Å². The number of rotatable bonds is 4. The van der Waals surface area contributed by atoms with E-state index >= 15 is 0 Å². The number of aryl methyl sites for hydroxylation is 1. The summed E-state index contributed by atoms with van der Waals surface area (Å²) in [6, 6.07) is 11.2. The predicted octanol–water partition coefficient (Wildman–Crippen LogP) is 3.64. The largest absolute Gasteiger partial charge is 0.252 e. The first-order chi connectivity index (χ1) is 8.91. The molecule has 3 nitrogen and oxygen atoms in total. The summed E-state index contributed by atoms with van der Waals surface area (Å²) in [7, 11) is -1.80. The van der Waals surface area contributed by atoms with Crippen LogP contribution in [-0.4, -0.2) is 19.8 Å². The summed E-state index contributed by atoms with van der Waals surface area (Å²) >= 11 is 4.51. The SMILES string of the molecule is Cc1ccccc1CN(C)S(=O)(=O)c1ccc(Br)s1. The zero-order chi connectivity index (χ0) is 14.0. The zero-order valence-electron chi connectivity index (χ0n) is 10.6. The maximum Gasteiger partial charge on any atom is 0.252 e. The van der Waals surface area contributed by atoms with Gasteiger partial charge >= 0.3 is 0 Å². The van der Waals surface area contributed by atoms with Crippen LogP contribution in [0.3, 0.4) is 0 Å². The van der Waals surface area contributed by atoms with E-state index in [1.165, 1.54) is 15.6 Å². The van der Waals surface area contributed by atoms with Gasteiger partial charge in [0.05, 0.1) is 3.79 Å². The molecular formula is C13H14BrNO2S2. The lowest BCUT2D eigenvalue weighted by atomic mass is 10.1. The van der Waals surface area contributed by atoms with E-state index in [1.54, 1.807) is 19.2 Å². The molecule has 0 bridgehead atoms. The second-order valence-electron chi connectivity index (χ2n) is 4.25. The standard InChI is InChI=1S/C13H14BrNO2S2/c1-10-5-3-4-6-11(10)9-15(2)19(16,17)13-8-7-12(14)18-13/h3-8H,9H2,1-2H3. The van der Waals surface area contributed by atoms with Gasteiger partial charge < -0.3 is 0 Å².